The molecule has 9 rings (SSSR count). The van der Waals surface area contributed by atoms with Gasteiger partial charge in [0, 0.05) is 94.5 Å². The molecule has 5 amide bonds. The number of Topliss-reactive ketones (excluding diaryl/α,β-unsaturated/α-hetero) is 2. The SMILES string of the molecule is CCC(C)C(=O)N1CCN(C(=O)CCCN(C)c2ccc(C3CC45OC4CCC5C4CCC5=CC(=O)CCC5=C34)cc2)C(C(=O)N2CCN(C(=O)OC(C)(C)C)CC2C(=O)NCCCCCCCCCCCCCNc2cccc(C(C)=O)c2C(C)=O)C1. The number of benzene rings is 2. The number of fused-ring (bicyclic) bond motifs is 3. The number of hydrogen-bond acceptors (Lipinski definition) is 12. The van der Waals surface area contributed by atoms with Crippen molar-refractivity contribution in [2.75, 3.05) is 76.2 Å². The number of amides is 5. The highest BCUT2D eigenvalue weighted by atomic mass is 16.6. The number of rotatable bonds is 27. The molecule has 0 aromatic heterocycles. The third-order valence-corrected chi connectivity index (χ3v) is 20.3. The highest BCUT2D eigenvalue weighted by Crippen LogP contribution is 2.68. The summed E-state index contributed by atoms with van der Waals surface area (Å²) in [5.41, 5.74) is 7.48. The molecule has 1 spiro atoms. The van der Waals surface area contributed by atoms with E-state index in [0.29, 0.717) is 68.0 Å². The van der Waals surface area contributed by atoms with E-state index < -0.39 is 29.7 Å². The van der Waals surface area contributed by atoms with Gasteiger partial charge < -0.3 is 44.6 Å². The molecular weight excluding hydrogens is 1110 g/mol. The van der Waals surface area contributed by atoms with E-state index in [4.69, 9.17) is 9.47 Å². The second kappa shape index (κ2) is 29.5. The molecule has 3 saturated heterocycles. The van der Waals surface area contributed by atoms with Crippen molar-refractivity contribution in [2.24, 2.45) is 17.8 Å². The second-order valence-corrected chi connectivity index (χ2v) is 27.5. The lowest BCUT2D eigenvalue weighted by Gasteiger charge is -2.46. The summed E-state index contributed by atoms with van der Waals surface area (Å²) in [6.45, 7) is 14.6. The molecule has 2 saturated carbocycles. The number of nitrogens with one attached hydrogen (secondary N) is 2. The van der Waals surface area contributed by atoms with Crippen LogP contribution in [0.3, 0.4) is 0 Å². The number of hydrogen-bond donors (Lipinski definition) is 2. The van der Waals surface area contributed by atoms with Crippen molar-refractivity contribution in [1.29, 1.82) is 0 Å². The summed E-state index contributed by atoms with van der Waals surface area (Å²) in [5.74, 6) is 0.0681. The molecule has 0 radical (unpaired) electrons. The van der Waals surface area contributed by atoms with E-state index in [1.807, 2.05) is 39.1 Å². The Hall–Kier alpha value is -6.36. The number of ether oxygens (including phenoxy) is 2. The predicted octanol–water partition coefficient (Wildman–Crippen LogP) is 11.4. The summed E-state index contributed by atoms with van der Waals surface area (Å²) >= 11 is 0. The first kappa shape index (κ1) is 66.1. The van der Waals surface area contributed by atoms with Crippen molar-refractivity contribution in [1.82, 2.24) is 24.9 Å². The van der Waals surface area contributed by atoms with E-state index in [1.54, 1.807) is 42.2 Å². The molecule has 88 heavy (non-hydrogen) atoms. The Balaban J connectivity index is 0.760. The van der Waals surface area contributed by atoms with Crippen LogP contribution in [-0.2, 0) is 33.4 Å². The fourth-order valence-electron chi connectivity index (χ4n) is 15.3. The normalized spacial score (nSPS) is 24.3. The molecule has 480 valence electrons. The largest absolute Gasteiger partial charge is 0.444 e. The lowest BCUT2D eigenvalue weighted by atomic mass is 9.58. The highest BCUT2D eigenvalue weighted by Gasteiger charge is 2.70. The van der Waals surface area contributed by atoms with Gasteiger partial charge in [0.05, 0.1) is 30.4 Å². The maximum Gasteiger partial charge on any atom is 0.410 e. The minimum atomic E-state index is -1.03. The van der Waals surface area contributed by atoms with Crippen molar-refractivity contribution in [3.05, 3.63) is 82.0 Å². The van der Waals surface area contributed by atoms with Gasteiger partial charge in [-0.3, -0.25) is 33.6 Å². The van der Waals surface area contributed by atoms with E-state index >= 15 is 4.79 Å². The molecule has 3 heterocycles. The summed E-state index contributed by atoms with van der Waals surface area (Å²) in [5, 5.41) is 6.45. The average Bonchev–Trinajstić information content (AvgIpc) is 1.52. The maximum absolute atomic E-state index is 15.2. The van der Waals surface area contributed by atoms with Crippen LogP contribution in [0.15, 0.2) is 65.3 Å². The van der Waals surface area contributed by atoms with Gasteiger partial charge in [-0.1, -0.05) is 101 Å². The van der Waals surface area contributed by atoms with Crippen LogP contribution in [0.4, 0.5) is 16.2 Å². The van der Waals surface area contributed by atoms with E-state index in [1.165, 1.54) is 66.0 Å². The number of carbonyl (C=O) groups excluding carboxylic acids is 8. The fourth-order valence-corrected chi connectivity index (χ4v) is 15.3. The summed E-state index contributed by atoms with van der Waals surface area (Å²) in [6, 6.07) is 12.2. The Morgan fingerprint density at radius 1 is 0.750 bits per heavy atom. The van der Waals surface area contributed by atoms with Gasteiger partial charge >= 0.3 is 6.09 Å². The van der Waals surface area contributed by atoms with Crippen LogP contribution in [0.2, 0.25) is 0 Å². The number of piperazine rings is 2. The van der Waals surface area contributed by atoms with Gasteiger partial charge in [0.25, 0.3) is 0 Å². The fraction of sp³-hybridized carbons (Fsp3) is 0.662. The van der Waals surface area contributed by atoms with E-state index in [0.717, 1.165) is 101 Å². The van der Waals surface area contributed by atoms with Crippen LogP contribution in [-0.4, -0.2) is 162 Å². The number of carbonyl (C=O) groups is 8. The van der Waals surface area contributed by atoms with Crippen LogP contribution in [0.25, 0.3) is 0 Å². The molecule has 5 fully saturated rings. The van der Waals surface area contributed by atoms with Gasteiger partial charge in [-0.05, 0) is 152 Å². The predicted molar refractivity (Wildman–Crippen MR) is 342 cm³/mol. The van der Waals surface area contributed by atoms with Crippen molar-refractivity contribution < 1.29 is 47.8 Å². The van der Waals surface area contributed by atoms with Crippen LogP contribution >= 0.6 is 0 Å². The Kier molecular flexibility index (Phi) is 22.2. The molecule has 2 aromatic rings. The number of ketones is 3. The standard InChI is InChI=1S/C71H101N7O10/c1-9-47(2)67(84)75-39-41-77(63(82)25-22-38-74(8)52-29-26-50(27-30-52)57-44-71-58(34-35-62(71)87-71)56-32-28-51-43-53(81)31-33-55(51)65(56)57)61(46-75)68(85)78-42-40-76(69(86)88-70(5,6)7)45-60(78)66(83)73-37-20-18-16-14-12-10-11-13-15-17-19-36-72-59-24-21-23-54(48(3)79)64(59)49(4)80/h21,23-24,26-27,29-30,43,47,56-58,60-62,72H,9-20,22,25,28,31-42,44-46H2,1-8H3,(H,73,83). The topological polar surface area (TPSA) is 199 Å². The number of unbranched alkanes of at least 4 members (excludes halogenated alkanes) is 10. The van der Waals surface area contributed by atoms with Gasteiger partial charge in [0.15, 0.2) is 17.3 Å². The van der Waals surface area contributed by atoms with E-state index in [-0.39, 0.29) is 91.7 Å². The zero-order valence-corrected chi connectivity index (χ0v) is 54.2. The molecule has 17 nitrogen and oxygen atoms in total. The first-order chi connectivity index (χ1) is 42.2. The molecular formula is C71H101N7O10. The van der Waals surface area contributed by atoms with Crippen molar-refractivity contribution >= 4 is 58.4 Å². The van der Waals surface area contributed by atoms with Crippen LogP contribution in [0.1, 0.15) is 216 Å². The van der Waals surface area contributed by atoms with Crippen LogP contribution < -0.4 is 15.5 Å². The monoisotopic (exact) mass is 1210 g/mol. The Labute approximate surface area is 523 Å². The molecule has 17 heteroatoms. The third-order valence-electron chi connectivity index (χ3n) is 20.3. The van der Waals surface area contributed by atoms with Crippen molar-refractivity contribution in [3.63, 3.8) is 0 Å². The summed E-state index contributed by atoms with van der Waals surface area (Å²) in [6.07, 6.45) is 21.7. The molecule has 2 aromatic carbocycles. The number of epoxide rings is 1. The molecule has 0 bridgehead atoms. The molecule has 3 aliphatic heterocycles. The number of anilines is 2. The minimum Gasteiger partial charge on any atom is -0.444 e. The maximum atomic E-state index is 15.2. The van der Waals surface area contributed by atoms with E-state index in [2.05, 4.69) is 39.8 Å². The minimum absolute atomic E-state index is 0.00768. The second-order valence-electron chi connectivity index (χ2n) is 27.5. The molecule has 2 N–H and O–H groups in total. The highest BCUT2D eigenvalue weighted by molar-refractivity contribution is 6.10. The quantitative estimate of drug-likeness (QED) is 0.0488. The molecule has 8 unspecified atom stereocenters. The zero-order chi connectivity index (χ0) is 62.9. The summed E-state index contributed by atoms with van der Waals surface area (Å²) in [4.78, 5) is 117. The smallest absolute Gasteiger partial charge is 0.410 e. The zero-order valence-electron chi connectivity index (χ0n) is 54.2. The molecule has 4 aliphatic carbocycles. The first-order valence-corrected chi connectivity index (χ1v) is 33.7. The van der Waals surface area contributed by atoms with Crippen LogP contribution in [0.5, 0.6) is 0 Å². The molecule has 8 atom stereocenters. The average molecular weight is 1210 g/mol. The Morgan fingerprint density at radius 3 is 2.07 bits per heavy atom. The first-order valence-electron chi connectivity index (χ1n) is 33.7. The van der Waals surface area contributed by atoms with Gasteiger partial charge in [-0.15, -0.1) is 0 Å². The van der Waals surface area contributed by atoms with Gasteiger partial charge in [-0.2, -0.15) is 0 Å². The lowest BCUT2D eigenvalue weighted by molar-refractivity contribution is -0.158. The van der Waals surface area contributed by atoms with Gasteiger partial charge in [0.1, 0.15) is 17.7 Å². The van der Waals surface area contributed by atoms with Crippen LogP contribution in [0, 0.1) is 17.8 Å². The summed E-state index contributed by atoms with van der Waals surface area (Å²) < 4.78 is 12.3. The van der Waals surface area contributed by atoms with E-state index in [9.17, 15) is 33.6 Å². The Bertz CT molecular complexity index is 2950. The van der Waals surface area contributed by atoms with Crippen molar-refractivity contribution in [3.8, 4) is 0 Å². The lowest BCUT2D eigenvalue weighted by Crippen LogP contribution is -2.68. The van der Waals surface area contributed by atoms with Gasteiger partial charge in [-0.25, -0.2) is 4.79 Å². The number of allylic oxidation sites excluding steroid dienone is 4. The third kappa shape index (κ3) is 15.6. The molecule has 7 aliphatic rings. The van der Waals surface area contributed by atoms with Crippen molar-refractivity contribution in [2.45, 2.75) is 219 Å². The summed E-state index contributed by atoms with van der Waals surface area (Å²) in [7, 11) is 2.04. The van der Waals surface area contributed by atoms with Gasteiger partial charge in [0.2, 0.25) is 23.6 Å². The number of nitrogens with zero attached hydrogens (tertiary/aromatic N) is 5. The Morgan fingerprint density at radius 2 is 1.41 bits per heavy atom.